The van der Waals surface area contributed by atoms with Gasteiger partial charge in [0.2, 0.25) is 5.91 Å². The average Bonchev–Trinajstić information content (AvgIpc) is 2.90. The van der Waals surface area contributed by atoms with Crippen LogP contribution in [0, 0.1) is 0 Å². The zero-order valence-corrected chi connectivity index (χ0v) is 12.0. The molecule has 0 unspecified atom stereocenters. The number of amides is 1. The van der Waals surface area contributed by atoms with Crippen molar-refractivity contribution >= 4 is 16.9 Å². The van der Waals surface area contributed by atoms with Crippen LogP contribution in [0.3, 0.4) is 0 Å². The van der Waals surface area contributed by atoms with E-state index in [4.69, 9.17) is 0 Å². The maximum Gasteiger partial charge on any atom is 0.220 e. The summed E-state index contributed by atoms with van der Waals surface area (Å²) in [5.74, 6) is 0.817. The third-order valence-electron chi connectivity index (χ3n) is 4.10. The van der Waals surface area contributed by atoms with Gasteiger partial charge in [0, 0.05) is 12.8 Å². The molecule has 1 aliphatic carbocycles. The number of aryl methyl sites for hydroxylation is 1. The van der Waals surface area contributed by atoms with Crippen molar-refractivity contribution in [2.24, 2.45) is 0 Å². The molecule has 1 amide bonds. The Morgan fingerprint density at radius 2 is 2.14 bits per heavy atom. The Hall–Kier alpha value is -1.88. The first-order chi connectivity index (χ1) is 10.2. The zero-order valence-electron chi connectivity index (χ0n) is 12.0. The first kappa shape index (κ1) is 14.1. The highest BCUT2D eigenvalue weighted by Crippen LogP contribution is 2.18. The summed E-state index contributed by atoms with van der Waals surface area (Å²) >= 11 is 0. The third kappa shape index (κ3) is 3.42. The van der Waals surface area contributed by atoms with Gasteiger partial charge in [0.1, 0.15) is 5.82 Å². The van der Waals surface area contributed by atoms with Crippen molar-refractivity contribution in [3.8, 4) is 0 Å². The van der Waals surface area contributed by atoms with Gasteiger partial charge in [0.25, 0.3) is 0 Å². The number of aromatic amines is 1. The summed E-state index contributed by atoms with van der Waals surface area (Å²) < 4.78 is 0. The number of carbonyl (C=O) groups excluding carboxylic acids is 1. The van der Waals surface area contributed by atoms with Crippen LogP contribution in [0.2, 0.25) is 0 Å². The minimum atomic E-state index is -0.395. The smallest absolute Gasteiger partial charge is 0.220 e. The fraction of sp³-hybridized carbons (Fsp3) is 0.500. The quantitative estimate of drug-likeness (QED) is 0.804. The van der Waals surface area contributed by atoms with Gasteiger partial charge < -0.3 is 15.4 Å². The molecule has 1 aromatic heterocycles. The second-order valence-corrected chi connectivity index (χ2v) is 5.73. The number of fused-ring (bicyclic) bond motifs is 1. The molecular formula is C16H21N3O2. The number of nitrogens with one attached hydrogen (secondary N) is 2. The van der Waals surface area contributed by atoms with Crippen LogP contribution in [-0.4, -0.2) is 33.1 Å². The van der Waals surface area contributed by atoms with Crippen molar-refractivity contribution in [1.82, 2.24) is 15.3 Å². The maximum absolute atomic E-state index is 12.0. The van der Waals surface area contributed by atoms with Crippen molar-refractivity contribution in [3.05, 3.63) is 30.1 Å². The molecule has 1 heterocycles. The Balaban J connectivity index is 1.53. The van der Waals surface area contributed by atoms with Crippen molar-refractivity contribution in [1.29, 1.82) is 0 Å². The minimum Gasteiger partial charge on any atom is -0.391 e. The Kier molecular flexibility index (Phi) is 4.20. The van der Waals surface area contributed by atoms with Crippen LogP contribution in [0.4, 0.5) is 0 Å². The van der Waals surface area contributed by atoms with E-state index in [0.29, 0.717) is 12.8 Å². The van der Waals surface area contributed by atoms with Gasteiger partial charge in [-0.05, 0) is 25.0 Å². The first-order valence-corrected chi connectivity index (χ1v) is 7.63. The summed E-state index contributed by atoms with van der Waals surface area (Å²) in [6.45, 7) is 0. The highest BCUT2D eigenvalue weighted by molar-refractivity contribution is 5.77. The molecule has 21 heavy (non-hydrogen) atoms. The molecule has 5 heteroatoms. The van der Waals surface area contributed by atoms with Crippen molar-refractivity contribution in [3.63, 3.8) is 0 Å². The number of hydrogen-bond acceptors (Lipinski definition) is 3. The lowest BCUT2D eigenvalue weighted by Crippen LogP contribution is -2.45. The van der Waals surface area contributed by atoms with Gasteiger partial charge in [-0.15, -0.1) is 0 Å². The predicted octanol–water partition coefficient (Wildman–Crippen LogP) is 1.92. The van der Waals surface area contributed by atoms with Crippen LogP contribution in [0.25, 0.3) is 11.0 Å². The van der Waals surface area contributed by atoms with Crippen molar-refractivity contribution in [2.75, 3.05) is 0 Å². The molecule has 5 nitrogen and oxygen atoms in total. The van der Waals surface area contributed by atoms with E-state index in [9.17, 15) is 9.90 Å². The van der Waals surface area contributed by atoms with Crippen LogP contribution in [0.5, 0.6) is 0 Å². The number of para-hydroxylation sites is 2. The molecule has 2 aromatic rings. The van der Waals surface area contributed by atoms with Gasteiger partial charge in [0.15, 0.2) is 0 Å². The minimum absolute atomic E-state index is 0.0126. The summed E-state index contributed by atoms with van der Waals surface area (Å²) in [7, 11) is 0. The van der Waals surface area contributed by atoms with E-state index >= 15 is 0 Å². The lowest BCUT2D eigenvalue weighted by Gasteiger charge is -2.28. The number of benzene rings is 1. The third-order valence-corrected chi connectivity index (χ3v) is 4.10. The van der Waals surface area contributed by atoms with Crippen molar-refractivity contribution in [2.45, 2.75) is 50.7 Å². The van der Waals surface area contributed by atoms with Crippen LogP contribution < -0.4 is 5.32 Å². The fourth-order valence-electron chi connectivity index (χ4n) is 2.91. The number of aliphatic hydroxyl groups excluding tert-OH is 1. The van der Waals surface area contributed by atoms with E-state index in [1.807, 2.05) is 24.3 Å². The molecule has 0 saturated heterocycles. The monoisotopic (exact) mass is 287 g/mol. The van der Waals surface area contributed by atoms with E-state index < -0.39 is 6.10 Å². The number of hydrogen-bond donors (Lipinski definition) is 3. The van der Waals surface area contributed by atoms with Gasteiger partial charge in [-0.3, -0.25) is 4.79 Å². The molecule has 2 atom stereocenters. The highest BCUT2D eigenvalue weighted by atomic mass is 16.3. The van der Waals surface area contributed by atoms with Gasteiger partial charge >= 0.3 is 0 Å². The Morgan fingerprint density at radius 3 is 2.95 bits per heavy atom. The van der Waals surface area contributed by atoms with Gasteiger partial charge in [-0.1, -0.05) is 25.0 Å². The number of imidazole rings is 1. The number of rotatable bonds is 4. The molecular weight excluding hydrogens is 266 g/mol. The van der Waals surface area contributed by atoms with Gasteiger partial charge in [-0.25, -0.2) is 4.98 Å². The van der Waals surface area contributed by atoms with Gasteiger partial charge in [-0.2, -0.15) is 0 Å². The second kappa shape index (κ2) is 6.26. The van der Waals surface area contributed by atoms with E-state index in [2.05, 4.69) is 15.3 Å². The van der Waals surface area contributed by atoms with Crippen LogP contribution in [0.1, 0.15) is 37.9 Å². The van der Waals surface area contributed by atoms with E-state index in [1.165, 1.54) is 0 Å². The summed E-state index contributed by atoms with van der Waals surface area (Å²) in [6, 6.07) is 7.76. The highest BCUT2D eigenvalue weighted by Gasteiger charge is 2.24. The number of aromatic nitrogens is 2. The summed E-state index contributed by atoms with van der Waals surface area (Å²) in [5.41, 5.74) is 1.92. The standard InChI is InChI=1S/C16H21N3O2/c20-14-8-4-3-7-13(14)19-16(21)10-9-15-17-11-5-1-2-6-12(11)18-15/h1-2,5-6,13-14,20H,3-4,7-10H2,(H,17,18)(H,19,21)/t13-,14-/m1/s1. The second-order valence-electron chi connectivity index (χ2n) is 5.73. The molecule has 3 N–H and O–H groups in total. The van der Waals surface area contributed by atoms with Gasteiger partial charge in [0.05, 0.1) is 23.2 Å². The number of H-pyrrole nitrogens is 1. The molecule has 0 radical (unpaired) electrons. The molecule has 0 bridgehead atoms. The van der Waals surface area contributed by atoms with E-state index in [1.54, 1.807) is 0 Å². The number of aliphatic hydroxyl groups is 1. The summed E-state index contributed by atoms with van der Waals surface area (Å²) in [4.78, 5) is 19.7. The van der Waals surface area contributed by atoms with E-state index in [-0.39, 0.29) is 11.9 Å². The Bertz CT molecular complexity index is 590. The molecule has 3 rings (SSSR count). The van der Waals surface area contributed by atoms with Crippen LogP contribution >= 0.6 is 0 Å². The summed E-state index contributed by atoms with van der Waals surface area (Å²) in [6.07, 6.45) is 4.37. The lowest BCUT2D eigenvalue weighted by atomic mass is 9.92. The maximum atomic E-state index is 12.0. The molecule has 0 aliphatic heterocycles. The Labute approximate surface area is 123 Å². The first-order valence-electron chi connectivity index (χ1n) is 7.63. The molecule has 1 fully saturated rings. The summed E-state index contributed by atoms with van der Waals surface area (Å²) in [5, 5.41) is 12.8. The van der Waals surface area contributed by atoms with Crippen LogP contribution in [-0.2, 0) is 11.2 Å². The largest absolute Gasteiger partial charge is 0.391 e. The topological polar surface area (TPSA) is 78.0 Å². The normalized spacial score (nSPS) is 22.3. The fourth-order valence-corrected chi connectivity index (χ4v) is 2.91. The molecule has 112 valence electrons. The van der Waals surface area contributed by atoms with Crippen molar-refractivity contribution < 1.29 is 9.90 Å². The molecule has 1 saturated carbocycles. The number of carbonyl (C=O) groups is 1. The number of nitrogens with zero attached hydrogens (tertiary/aromatic N) is 1. The van der Waals surface area contributed by atoms with E-state index in [0.717, 1.165) is 42.5 Å². The lowest BCUT2D eigenvalue weighted by molar-refractivity contribution is -0.123. The predicted molar refractivity (Wildman–Crippen MR) is 80.8 cm³/mol. The SMILES string of the molecule is O=C(CCc1nc2ccccc2[nH]1)N[C@@H]1CCCC[C@H]1O. The average molecular weight is 287 g/mol. The van der Waals surface area contributed by atoms with Crippen LogP contribution in [0.15, 0.2) is 24.3 Å². The zero-order chi connectivity index (χ0) is 14.7. The molecule has 1 aromatic carbocycles. The molecule has 0 spiro atoms. The Morgan fingerprint density at radius 1 is 1.33 bits per heavy atom. The molecule has 1 aliphatic rings.